The number of nitrogens with two attached hydrogens (primary N) is 1. The van der Waals surface area contributed by atoms with Crippen LogP contribution in [0.1, 0.15) is 30.6 Å². The number of carbonyl (C=O) groups is 1. The number of nitrogens with one attached hydrogen (secondary N) is 1. The number of primary sulfonamides is 1. The van der Waals surface area contributed by atoms with Crippen LogP contribution in [0, 0.1) is 17.3 Å². The molecule has 1 unspecified atom stereocenters. The van der Waals surface area contributed by atoms with E-state index in [9.17, 15) is 13.2 Å². The van der Waals surface area contributed by atoms with Gasteiger partial charge in [0.1, 0.15) is 5.56 Å². The zero-order valence-corrected chi connectivity index (χ0v) is 16.8. The van der Waals surface area contributed by atoms with Gasteiger partial charge in [0.05, 0.1) is 17.0 Å². The van der Waals surface area contributed by atoms with Crippen molar-refractivity contribution in [3.8, 4) is 5.88 Å². The minimum atomic E-state index is -3.69. The van der Waals surface area contributed by atoms with E-state index in [0.29, 0.717) is 11.4 Å². The normalized spacial score (nSPS) is 26.3. The van der Waals surface area contributed by atoms with Crippen molar-refractivity contribution in [1.82, 2.24) is 10.3 Å². The average Bonchev–Trinajstić information content (AvgIpc) is 3.14. The van der Waals surface area contributed by atoms with Gasteiger partial charge in [-0.15, -0.1) is 0 Å². The lowest BCUT2D eigenvalue weighted by Crippen LogP contribution is -2.30. The topological polar surface area (TPSA) is 111 Å². The van der Waals surface area contributed by atoms with Crippen LogP contribution in [0.2, 0.25) is 5.02 Å². The van der Waals surface area contributed by atoms with Gasteiger partial charge in [-0.2, -0.15) is 0 Å². The number of nitrogens with zero attached hydrogens (tertiary/aromatic N) is 1. The van der Waals surface area contributed by atoms with Crippen molar-refractivity contribution < 1.29 is 17.9 Å². The Labute approximate surface area is 163 Å². The van der Waals surface area contributed by atoms with Crippen LogP contribution in [0.5, 0.6) is 5.88 Å². The zero-order valence-electron chi connectivity index (χ0n) is 15.3. The Hall–Kier alpha value is -1.90. The Balaban J connectivity index is 1.73. The number of hydrogen-bond acceptors (Lipinski definition) is 5. The van der Waals surface area contributed by atoms with Gasteiger partial charge in [0, 0.05) is 12.2 Å². The number of aromatic nitrogens is 1. The monoisotopic (exact) mass is 411 g/mol. The van der Waals surface area contributed by atoms with Crippen molar-refractivity contribution in [2.24, 2.45) is 22.4 Å². The molecular weight excluding hydrogens is 390 g/mol. The molecule has 0 aliphatic heterocycles. The molecule has 2 aliphatic rings. The standard InChI is InChI=1S/C18H22ClN3O4S/c1-18(2)14(10-4-6-12(7-5-10)27(20,24)25)15(18)22-16(23)13-8-11(19)9-21-17(13)26-3/h4,6-10,14-15H,5H2,1-3H3,(H,22,23)(H2,20,24,25)/t10?,14-,15-/m0/s1. The number of pyridine rings is 1. The third kappa shape index (κ3) is 3.88. The smallest absolute Gasteiger partial charge is 0.257 e. The van der Waals surface area contributed by atoms with E-state index in [-0.39, 0.29) is 45.5 Å². The highest BCUT2D eigenvalue weighted by Gasteiger charge is 2.61. The molecule has 1 aromatic rings. The van der Waals surface area contributed by atoms with E-state index < -0.39 is 10.0 Å². The molecule has 0 radical (unpaired) electrons. The molecule has 2 aliphatic carbocycles. The molecule has 7 nitrogen and oxygen atoms in total. The predicted molar refractivity (Wildman–Crippen MR) is 103 cm³/mol. The predicted octanol–water partition coefficient (Wildman–Crippen LogP) is 2.25. The highest BCUT2D eigenvalue weighted by molar-refractivity contribution is 7.93. The fourth-order valence-corrected chi connectivity index (χ4v) is 4.57. The molecule has 1 amide bonds. The van der Waals surface area contributed by atoms with Crippen LogP contribution in [0.4, 0.5) is 0 Å². The Morgan fingerprint density at radius 2 is 2.15 bits per heavy atom. The summed E-state index contributed by atoms with van der Waals surface area (Å²) in [4.78, 5) is 16.9. The molecule has 0 spiro atoms. The van der Waals surface area contributed by atoms with Crippen molar-refractivity contribution in [2.75, 3.05) is 7.11 Å². The summed E-state index contributed by atoms with van der Waals surface area (Å²) in [5, 5.41) is 8.55. The van der Waals surface area contributed by atoms with Crippen LogP contribution in [-0.4, -0.2) is 32.5 Å². The first kappa shape index (κ1) is 19.9. The summed E-state index contributed by atoms with van der Waals surface area (Å²) in [6.45, 7) is 4.14. The molecule has 27 heavy (non-hydrogen) atoms. The second kappa shape index (κ2) is 6.92. The number of sulfonamides is 1. The first-order chi connectivity index (χ1) is 12.6. The zero-order chi connectivity index (χ0) is 20.0. The van der Waals surface area contributed by atoms with E-state index in [0.717, 1.165) is 0 Å². The molecule has 0 aromatic carbocycles. The third-order valence-electron chi connectivity index (χ3n) is 5.34. The first-order valence-electron chi connectivity index (χ1n) is 8.47. The molecule has 0 saturated heterocycles. The van der Waals surface area contributed by atoms with Gasteiger partial charge < -0.3 is 10.1 Å². The summed E-state index contributed by atoms with van der Waals surface area (Å²) < 4.78 is 28.0. The van der Waals surface area contributed by atoms with Crippen LogP contribution < -0.4 is 15.2 Å². The van der Waals surface area contributed by atoms with Crippen molar-refractivity contribution in [2.45, 2.75) is 26.3 Å². The number of amides is 1. The van der Waals surface area contributed by atoms with Crippen LogP contribution in [0.15, 0.2) is 35.4 Å². The van der Waals surface area contributed by atoms with Crippen LogP contribution in [0.25, 0.3) is 0 Å². The van der Waals surface area contributed by atoms with E-state index in [1.165, 1.54) is 19.4 Å². The molecule has 1 aromatic heterocycles. The number of allylic oxidation sites excluding steroid dienone is 3. The molecule has 1 saturated carbocycles. The molecule has 146 valence electrons. The number of halogens is 1. The number of ether oxygens (including phenoxy) is 1. The minimum Gasteiger partial charge on any atom is -0.480 e. The van der Waals surface area contributed by atoms with Gasteiger partial charge >= 0.3 is 0 Å². The lowest BCUT2D eigenvalue weighted by Gasteiger charge is -2.16. The fraction of sp³-hybridized carbons (Fsp3) is 0.444. The van der Waals surface area contributed by atoms with Gasteiger partial charge in [-0.1, -0.05) is 37.6 Å². The quantitative estimate of drug-likeness (QED) is 0.771. The molecule has 0 bridgehead atoms. The first-order valence-corrected chi connectivity index (χ1v) is 10.4. The summed E-state index contributed by atoms with van der Waals surface area (Å²) >= 11 is 5.95. The van der Waals surface area contributed by atoms with Crippen molar-refractivity contribution in [3.05, 3.63) is 46.0 Å². The lowest BCUT2D eigenvalue weighted by atomic mass is 9.91. The lowest BCUT2D eigenvalue weighted by molar-refractivity contribution is 0.0941. The second-order valence-electron chi connectivity index (χ2n) is 7.42. The molecule has 1 heterocycles. The average molecular weight is 412 g/mol. The third-order valence-corrected chi connectivity index (χ3v) is 6.51. The molecule has 3 rings (SSSR count). The van der Waals surface area contributed by atoms with E-state index >= 15 is 0 Å². The van der Waals surface area contributed by atoms with E-state index in [1.54, 1.807) is 12.2 Å². The van der Waals surface area contributed by atoms with Gasteiger partial charge in [-0.05, 0) is 35.8 Å². The van der Waals surface area contributed by atoms with E-state index in [2.05, 4.69) is 24.1 Å². The second-order valence-corrected chi connectivity index (χ2v) is 9.42. The fourth-order valence-electron chi connectivity index (χ4n) is 3.82. The largest absolute Gasteiger partial charge is 0.480 e. The van der Waals surface area contributed by atoms with Crippen molar-refractivity contribution in [3.63, 3.8) is 0 Å². The summed E-state index contributed by atoms with van der Waals surface area (Å²) in [6, 6.07) is 1.46. The molecule has 9 heteroatoms. The number of hydrogen-bond donors (Lipinski definition) is 2. The van der Waals surface area contributed by atoms with E-state index in [4.69, 9.17) is 21.5 Å². The van der Waals surface area contributed by atoms with Gasteiger partial charge in [0.25, 0.3) is 5.91 Å². The summed E-state index contributed by atoms with van der Waals surface area (Å²) in [5.41, 5.74) is 0.152. The van der Waals surface area contributed by atoms with Crippen LogP contribution in [-0.2, 0) is 10.0 Å². The number of carbonyl (C=O) groups excluding carboxylic acids is 1. The highest BCUT2D eigenvalue weighted by atomic mass is 35.5. The Kier molecular flexibility index (Phi) is 5.09. The SMILES string of the molecule is COc1ncc(Cl)cc1C(=O)N[C@H]1[C@H](C2C=CC(S(N)(=O)=O)=CC2)C1(C)C. The van der Waals surface area contributed by atoms with Gasteiger partial charge in [0.15, 0.2) is 0 Å². The molecule has 3 N–H and O–H groups in total. The van der Waals surface area contributed by atoms with Crippen molar-refractivity contribution >= 4 is 27.5 Å². The van der Waals surface area contributed by atoms with Crippen LogP contribution in [0.3, 0.4) is 0 Å². The van der Waals surface area contributed by atoms with Gasteiger partial charge in [0.2, 0.25) is 15.9 Å². The maximum atomic E-state index is 12.7. The maximum absolute atomic E-state index is 12.7. The number of methoxy groups -OCH3 is 1. The Morgan fingerprint density at radius 1 is 1.44 bits per heavy atom. The van der Waals surface area contributed by atoms with E-state index in [1.807, 2.05) is 6.08 Å². The van der Waals surface area contributed by atoms with Gasteiger partial charge in [-0.25, -0.2) is 18.5 Å². The molecule has 1 fully saturated rings. The molecule has 3 atom stereocenters. The Morgan fingerprint density at radius 3 is 2.70 bits per heavy atom. The summed E-state index contributed by atoms with van der Waals surface area (Å²) in [7, 11) is -2.25. The number of rotatable bonds is 5. The van der Waals surface area contributed by atoms with Crippen LogP contribution >= 0.6 is 11.6 Å². The minimum absolute atomic E-state index is 0.0622. The van der Waals surface area contributed by atoms with Gasteiger partial charge in [-0.3, -0.25) is 4.79 Å². The summed E-state index contributed by atoms with van der Waals surface area (Å²) in [6.07, 6.45) is 7.02. The van der Waals surface area contributed by atoms with Crippen molar-refractivity contribution in [1.29, 1.82) is 0 Å². The Bertz CT molecular complexity index is 940. The molecular formula is C18H22ClN3O4S. The maximum Gasteiger partial charge on any atom is 0.257 e. The summed E-state index contributed by atoms with van der Waals surface area (Å²) in [5.74, 6) is 0.206. The highest BCUT2D eigenvalue weighted by Crippen LogP contribution is 2.57.